The number of nitrogens with one attached hydrogen (secondary N) is 1. The Morgan fingerprint density at radius 3 is 2.88 bits per heavy atom. The number of hydrogen-bond acceptors (Lipinski definition) is 6. The van der Waals surface area contributed by atoms with Crippen LogP contribution in [-0.2, 0) is 14.6 Å². The fraction of sp³-hybridized carbons (Fsp3) is 0.375. The van der Waals surface area contributed by atoms with Gasteiger partial charge in [-0.3, -0.25) is 4.79 Å². The van der Waals surface area contributed by atoms with Crippen molar-refractivity contribution in [2.24, 2.45) is 0 Å². The van der Waals surface area contributed by atoms with E-state index < -0.39 is 15.7 Å². The number of ether oxygens (including phenoxy) is 1. The van der Waals surface area contributed by atoms with E-state index in [1.54, 1.807) is 0 Å². The molecule has 0 aliphatic carbocycles. The Morgan fingerprint density at radius 1 is 1.44 bits per heavy atom. The lowest BCUT2D eigenvalue weighted by atomic mass is 10.4. The minimum Gasteiger partial charge on any atom is -0.479 e. The van der Waals surface area contributed by atoms with Crippen molar-refractivity contribution in [2.45, 2.75) is 11.4 Å². The van der Waals surface area contributed by atoms with Crippen LogP contribution in [-0.4, -0.2) is 37.2 Å². The lowest BCUT2D eigenvalue weighted by Gasteiger charge is -2.08. The van der Waals surface area contributed by atoms with Gasteiger partial charge in [0.15, 0.2) is 14.9 Å². The normalized spacial score (nSPS) is 18.2. The maximum atomic E-state index is 11.8. The molecule has 1 aliphatic heterocycles. The number of aromatic nitrogens is 2. The second-order valence-corrected chi connectivity index (χ2v) is 5.20. The van der Waals surface area contributed by atoms with Crippen LogP contribution in [0.15, 0.2) is 11.4 Å². The van der Waals surface area contributed by atoms with E-state index in [0.29, 0.717) is 0 Å². The number of carbonyl (C=O) groups excluding carboxylic acids is 1. The number of anilines is 1. The molecule has 0 atom stereocenters. The first-order chi connectivity index (χ1) is 7.54. The van der Waals surface area contributed by atoms with Crippen LogP contribution < -0.4 is 10.1 Å². The zero-order chi connectivity index (χ0) is 11.8. The van der Waals surface area contributed by atoms with Crippen LogP contribution in [0, 0.1) is 0 Å². The molecule has 1 aromatic rings. The predicted octanol–water partition coefficient (Wildman–Crippen LogP) is -0.399. The van der Waals surface area contributed by atoms with Crippen LogP contribution in [0.25, 0.3) is 0 Å². The van der Waals surface area contributed by atoms with E-state index >= 15 is 0 Å². The molecule has 0 saturated carbocycles. The van der Waals surface area contributed by atoms with Gasteiger partial charge in [0.2, 0.25) is 11.8 Å². The zero-order valence-electron chi connectivity index (χ0n) is 8.43. The molecule has 0 bridgehead atoms. The SMILES string of the molecule is COc1ncnc2c1NC(=O)CCS2(=O)=O. The van der Waals surface area contributed by atoms with Gasteiger partial charge in [-0.2, -0.15) is 4.98 Å². The highest BCUT2D eigenvalue weighted by Crippen LogP contribution is 2.30. The van der Waals surface area contributed by atoms with Gasteiger partial charge >= 0.3 is 0 Å². The Balaban J connectivity index is 2.69. The number of fused-ring (bicyclic) bond motifs is 1. The first-order valence-corrected chi connectivity index (χ1v) is 6.11. The van der Waals surface area contributed by atoms with Crippen molar-refractivity contribution in [2.75, 3.05) is 18.2 Å². The molecule has 8 heteroatoms. The fourth-order valence-electron chi connectivity index (χ4n) is 1.38. The highest BCUT2D eigenvalue weighted by molar-refractivity contribution is 7.91. The molecule has 7 nitrogen and oxygen atoms in total. The standard InChI is InChI=1S/C8H9N3O4S/c1-15-7-6-8(10-4-9-7)16(13,14)3-2-5(12)11-6/h4H,2-3H2,1H3,(H,11,12). The predicted molar refractivity (Wildman–Crippen MR) is 53.9 cm³/mol. The summed E-state index contributed by atoms with van der Waals surface area (Å²) in [6, 6.07) is 0. The van der Waals surface area contributed by atoms with Crippen molar-refractivity contribution in [3.05, 3.63) is 6.33 Å². The largest absolute Gasteiger partial charge is 0.479 e. The summed E-state index contributed by atoms with van der Waals surface area (Å²) in [7, 11) is -2.22. The molecule has 1 N–H and O–H groups in total. The second kappa shape index (κ2) is 3.71. The van der Waals surface area contributed by atoms with E-state index in [-0.39, 0.29) is 28.8 Å². The number of amides is 1. The smallest absolute Gasteiger partial charge is 0.242 e. The Hall–Kier alpha value is -1.70. The number of sulfone groups is 1. The van der Waals surface area contributed by atoms with Gasteiger partial charge in [-0.15, -0.1) is 0 Å². The lowest BCUT2D eigenvalue weighted by molar-refractivity contribution is -0.115. The van der Waals surface area contributed by atoms with Gasteiger partial charge in [-0.1, -0.05) is 0 Å². The van der Waals surface area contributed by atoms with Crippen molar-refractivity contribution in [1.82, 2.24) is 9.97 Å². The minimum absolute atomic E-state index is 0.0208. The van der Waals surface area contributed by atoms with Crippen molar-refractivity contribution in [3.8, 4) is 5.88 Å². The lowest BCUT2D eigenvalue weighted by Crippen LogP contribution is -2.11. The Labute approximate surface area is 91.8 Å². The quantitative estimate of drug-likeness (QED) is 0.674. The Bertz CT molecular complexity index is 540. The summed E-state index contributed by atoms with van der Waals surface area (Å²) in [5.74, 6) is -0.606. The van der Waals surface area contributed by atoms with Gasteiger partial charge in [0.05, 0.1) is 12.9 Å². The van der Waals surface area contributed by atoms with Crippen LogP contribution in [0.5, 0.6) is 5.88 Å². The monoisotopic (exact) mass is 243 g/mol. The number of carbonyl (C=O) groups is 1. The van der Waals surface area contributed by atoms with E-state index in [0.717, 1.165) is 6.33 Å². The highest BCUT2D eigenvalue weighted by atomic mass is 32.2. The molecule has 0 spiro atoms. The third-order valence-electron chi connectivity index (χ3n) is 2.13. The molecule has 16 heavy (non-hydrogen) atoms. The molecular weight excluding hydrogens is 234 g/mol. The van der Waals surface area contributed by atoms with Crippen molar-refractivity contribution in [1.29, 1.82) is 0 Å². The maximum Gasteiger partial charge on any atom is 0.242 e. The number of hydrogen-bond donors (Lipinski definition) is 1. The van der Waals surface area contributed by atoms with Crippen molar-refractivity contribution < 1.29 is 17.9 Å². The summed E-state index contributed by atoms with van der Waals surface area (Å²) in [6.07, 6.45) is 0.995. The van der Waals surface area contributed by atoms with Crippen molar-refractivity contribution >= 4 is 21.4 Å². The topological polar surface area (TPSA) is 98.2 Å². The van der Waals surface area contributed by atoms with Crippen LogP contribution in [0.4, 0.5) is 5.69 Å². The third kappa shape index (κ3) is 1.71. The average Bonchev–Trinajstić information content (AvgIpc) is 2.37. The molecule has 1 aromatic heterocycles. The molecule has 0 radical (unpaired) electrons. The summed E-state index contributed by atoms with van der Waals surface area (Å²) < 4.78 is 28.4. The third-order valence-corrected chi connectivity index (χ3v) is 3.77. The molecule has 1 amide bonds. The number of nitrogens with zero attached hydrogens (tertiary/aromatic N) is 2. The Morgan fingerprint density at radius 2 is 2.19 bits per heavy atom. The maximum absolute atomic E-state index is 11.8. The van der Waals surface area contributed by atoms with E-state index in [1.807, 2.05) is 0 Å². The average molecular weight is 243 g/mol. The van der Waals surface area contributed by atoms with Gasteiger partial charge in [-0.05, 0) is 0 Å². The van der Waals surface area contributed by atoms with E-state index in [9.17, 15) is 13.2 Å². The minimum atomic E-state index is -3.56. The summed E-state index contributed by atoms with van der Waals surface area (Å²) in [6.45, 7) is 0. The molecule has 1 aliphatic rings. The molecule has 86 valence electrons. The van der Waals surface area contributed by atoms with Crippen LogP contribution in [0.2, 0.25) is 0 Å². The molecule has 2 heterocycles. The van der Waals surface area contributed by atoms with Gasteiger partial charge in [0, 0.05) is 6.42 Å². The van der Waals surface area contributed by atoms with E-state index in [4.69, 9.17) is 4.74 Å². The summed E-state index contributed by atoms with van der Waals surface area (Å²) in [5.41, 5.74) is 0.0208. The molecule has 0 saturated heterocycles. The van der Waals surface area contributed by atoms with E-state index in [2.05, 4.69) is 15.3 Å². The van der Waals surface area contributed by atoms with Crippen LogP contribution in [0.1, 0.15) is 6.42 Å². The zero-order valence-corrected chi connectivity index (χ0v) is 9.24. The molecular formula is C8H9N3O4S. The molecule has 0 fully saturated rings. The first-order valence-electron chi connectivity index (χ1n) is 4.46. The Kier molecular flexibility index (Phi) is 2.50. The number of rotatable bonds is 1. The summed E-state index contributed by atoms with van der Waals surface area (Å²) in [5, 5.41) is 2.24. The summed E-state index contributed by atoms with van der Waals surface area (Å²) in [4.78, 5) is 18.7. The van der Waals surface area contributed by atoms with Crippen LogP contribution >= 0.6 is 0 Å². The van der Waals surface area contributed by atoms with Gasteiger partial charge < -0.3 is 10.1 Å². The highest BCUT2D eigenvalue weighted by Gasteiger charge is 2.29. The first kappa shape index (κ1) is 10.8. The van der Waals surface area contributed by atoms with Crippen molar-refractivity contribution in [3.63, 3.8) is 0 Å². The number of methoxy groups -OCH3 is 1. The van der Waals surface area contributed by atoms with E-state index in [1.165, 1.54) is 7.11 Å². The van der Waals surface area contributed by atoms with Gasteiger partial charge in [-0.25, -0.2) is 13.4 Å². The fourth-order valence-corrected chi connectivity index (χ4v) is 2.68. The van der Waals surface area contributed by atoms with Gasteiger partial charge in [0.25, 0.3) is 0 Å². The summed E-state index contributed by atoms with van der Waals surface area (Å²) >= 11 is 0. The molecule has 0 unspecified atom stereocenters. The van der Waals surface area contributed by atoms with Crippen LogP contribution in [0.3, 0.4) is 0 Å². The second-order valence-electron chi connectivity index (χ2n) is 3.18. The molecule has 2 rings (SSSR count). The van der Waals surface area contributed by atoms with Gasteiger partial charge in [0.1, 0.15) is 12.0 Å². The molecule has 0 aromatic carbocycles.